The van der Waals surface area contributed by atoms with Crippen LogP contribution in [0.25, 0.3) is 0 Å². The highest BCUT2D eigenvalue weighted by molar-refractivity contribution is 7.89. The van der Waals surface area contributed by atoms with Gasteiger partial charge in [-0.05, 0) is 12.3 Å². The third kappa shape index (κ3) is 3.95. The molecule has 0 fully saturated rings. The van der Waals surface area contributed by atoms with Crippen LogP contribution in [-0.4, -0.2) is 31.7 Å². The van der Waals surface area contributed by atoms with Crippen LogP contribution in [0.1, 0.15) is 13.3 Å². The summed E-state index contributed by atoms with van der Waals surface area (Å²) in [6.07, 6.45) is 3.03. The zero-order valence-corrected chi connectivity index (χ0v) is 10.3. The van der Waals surface area contributed by atoms with Crippen LogP contribution >= 0.6 is 0 Å². The third-order valence-corrected chi connectivity index (χ3v) is 3.77. The summed E-state index contributed by atoms with van der Waals surface area (Å²) in [5.41, 5.74) is -0.550. The van der Waals surface area contributed by atoms with E-state index < -0.39 is 15.5 Å². The van der Waals surface area contributed by atoms with E-state index in [2.05, 4.69) is 9.71 Å². The van der Waals surface area contributed by atoms with Gasteiger partial charge in [0.1, 0.15) is 4.90 Å². The molecule has 7 heteroatoms. The molecule has 0 saturated heterocycles. The normalized spacial score (nSPS) is 13.5. The van der Waals surface area contributed by atoms with Crippen LogP contribution in [0.4, 0.5) is 0 Å². The summed E-state index contributed by atoms with van der Waals surface area (Å²) in [6.45, 7) is 2.01. The Morgan fingerprint density at radius 3 is 2.82 bits per heavy atom. The number of sulfonamides is 1. The van der Waals surface area contributed by atoms with E-state index in [0.717, 1.165) is 12.3 Å². The number of rotatable bonds is 6. The van der Waals surface area contributed by atoms with Crippen molar-refractivity contribution in [1.82, 2.24) is 9.71 Å². The number of H-pyrrole nitrogens is 1. The van der Waals surface area contributed by atoms with E-state index in [9.17, 15) is 13.2 Å². The Balaban J connectivity index is 2.77. The lowest BCUT2D eigenvalue weighted by molar-refractivity contribution is 0.263. The van der Waals surface area contributed by atoms with Crippen molar-refractivity contribution in [3.05, 3.63) is 28.7 Å². The van der Waals surface area contributed by atoms with Crippen molar-refractivity contribution in [3.63, 3.8) is 0 Å². The van der Waals surface area contributed by atoms with Gasteiger partial charge in [0.25, 0.3) is 0 Å². The minimum absolute atomic E-state index is 0.00874. The molecule has 17 heavy (non-hydrogen) atoms. The molecule has 1 atom stereocenters. The maximum Gasteiger partial charge on any atom is 0.245 e. The molecule has 1 rings (SSSR count). The first-order valence-electron chi connectivity index (χ1n) is 5.25. The molecule has 6 nitrogen and oxygen atoms in total. The van der Waals surface area contributed by atoms with Gasteiger partial charge < -0.3 is 10.1 Å². The maximum atomic E-state index is 11.8. The van der Waals surface area contributed by atoms with E-state index in [1.54, 1.807) is 0 Å². The van der Waals surface area contributed by atoms with Crippen LogP contribution in [0.2, 0.25) is 0 Å². The van der Waals surface area contributed by atoms with Gasteiger partial charge >= 0.3 is 0 Å². The Morgan fingerprint density at radius 1 is 1.53 bits per heavy atom. The number of aliphatic hydroxyl groups excluding tert-OH is 1. The van der Waals surface area contributed by atoms with Gasteiger partial charge in [-0.1, -0.05) is 6.92 Å². The summed E-state index contributed by atoms with van der Waals surface area (Å²) in [5, 5.41) is 8.70. The van der Waals surface area contributed by atoms with Gasteiger partial charge in [0.15, 0.2) is 0 Å². The van der Waals surface area contributed by atoms with Crippen LogP contribution in [-0.2, 0) is 10.0 Å². The Labute approximate surface area is 99.7 Å². The van der Waals surface area contributed by atoms with Crippen LogP contribution in [0, 0.1) is 5.92 Å². The number of aromatic nitrogens is 1. The van der Waals surface area contributed by atoms with Crippen LogP contribution < -0.4 is 10.2 Å². The predicted octanol–water partition coefficient (Wildman–Crippen LogP) is -0.328. The average molecular weight is 260 g/mol. The highest BCUT2D eigenvalue weighted by atomic mass is 32.2. The molecule has 0 amide bonds. The summed E-state index contributed by atoms with van der Waals surface area (Å²) >= 11 is 0. The molecule has 0 aliphatic heterocycles. The number of hydrogen-bond donors (Lipinski definition) is 3. The number of aromatic amines is 1. The smallest absolute Gasteiger partial charge is 0.245 e. The van der Waals surface area contributed by atoms with Crippen molar-refractivity contribution < 1.29 is 13.5 Å². The van der Waals surface area contributed by atoms with Gasteiger partial charge in [-0.25, -0.2) is 13.1 Å². The minimum Gasteiger partial charge on any atom is -0.396 e. The Bertz CT molecular complexity index is 509. The summed E-state index contributed by atoms with van der Waals surface area (Å²) in [7, 11) is -3.78. The Kier molecular flexibility index (Phi) is 4.86. The molecule has 1 heterocycles. The second kappa shape index (κ2) is 5.95. The lowest BCUT2D eigenvalue weighted by Gasteiger charge is -2.11. The monoisotopic (exact) mass is 260 g/mol. The van der Waals surface area contributed by atoms with Crippen LogP contribution in [0.5, 0.6) is 0 Å². The van der Waals surface area contributed by atoms with E-state index in [-0.39, 0.29) is 24.0 Å². The minimum atomic E-state index is -3.78. The highest BCUT2D eigenvalue weighted by Crippen LogP contribution is 2.03. The van der Waals surface area contributed by atoms with Crippen LogP contribution in [0.15, 0.2) is 28.2 Å². The summed E-state index contributed by atoms with van der Waals surface area (Å²) in [5.74, 6) is 0.0116. The standard InChI is InChI=1S/C10H16N2O4S/c1-8(3-5-13)6-12-17(15,16)10-7-11-4-2-9(10)14/h2,4,7-8,12-13H,3,5-6H2,1H3,(H,11,14). The predicted molar refractivity (Wildman–Crippen MR) is 63.1 cm³/mol. The van der Waals surface area contributed by atoms with Gasteiger partial charge in [-0.2, -0.15) is 0 Å². The van der Waals surface area contributed by atoms with Gasteiger partial charge in [0.2, 0.25) is 15.5 Å². The second-order valence-electron chi connectivity index (χ2n) is 3.84. The molecule has 0 aliphatic carbocycles. The quantitative estimate of drug-likeness (QED) is 0.652. The summed E-state index contributed by atoms with van der Waals surface area (Å²) in [4.78, 5) is 13.6. The van der Waals surface area contributed by atoms with E-state index in [1.807, 2.05) is 6.92 Å². The maximum absolute atomic E-state index is 11.8. The van der Waals surface area contributed by atoms with E-state index >= 15 is 0 Å². The fourth-order valence-corrected chi connectivity index (χ4v) is 2.48. The molecule has 96 valence electrons. The molecule has 3 N–H and O–H groups in total. The number of aliphatic hydroxyl groups is 1. The fraction of sp³-hybridized carbons (Fsp3) is 0.500. The lowest BCUT2D eigenvalue weighted by Crippen LogP contribution is -2.31. The number of pyridine rings is 1. The topological polar surface area (TPSA) is 99.3 Å². The molecular formula is C10H16N2O4S. The molecular weight excluding hydrogens is 244 g/mol. The van der Waals surface area contributed by atoms with Crippen molar-refractivity contribution >= 4 is 10.0 Å². The van der Waals surface area contributed by atoms with Crippen molar-refractivity contribution in [3.8, 4) is 0 Å². The lowest BCUT2D eigenvalue weighted by atomic mass is 10.1. The molecule has 0 bridgehead atoms. The highest BCUT2D eigenvalue weighted by Gasteiger charge is 2.17. The van der Waals surface area contributed by atoms with Gasteiger partial charge in [-0.3, -0.25) is 4.79 Å². The first-order chi connectivity index (χ1) is 7.97. The Morgan fingerprint density at radius 2 is 2.24 bits per heavy atom. The van der Waals surface area contributed by atoms with Crippen molar-refractivity contribution in [1.29, 1.82) is 0 Å². The zero-order valence-electron chi connectivity index (χ0n) is 9.51. The Hall–Kier alpha value is -1.18. The molecule has 0 spiro atoms. The SMILES string of the molecule is CC(CCO)CNS(=O)(=O)c1c[nH]ccc1=O. The molecule has 0 aliphatic rings. The third-order valence-electron chi connectivity index (χ3n) is 2.32. The van der Waals surface area contributed by atoms with E-state index in [4.69, 9.17) is 5.11 Å². The summed E-state index contributed by atoms with van der Waals surface area (Å²) in [6, 6.07) is 1.16. The summed E-state index contributed by atoms with van der Waals surface area (Å²) < 4.78 is 25.9. The fourth-order valence-electron chi connectivity index (χ4n) is 1.26. The van der Waals surface area contributed by atoms with Crippen molar-refractivity contribution in [2.45, 2.75) is 18.2 Å². The van der Waals surface area contributed by atoms with E-state index in [1.165, 1.54) is 6.20 Å². The molecule has 0 radical (unpaired) electrons. The molecule has 1 aromatic rings. The van der Waals surface area contributed by atoms with Gasteiger partial charge in [-0.15, -0.1) is 0 Å². The molecule has 1 unspecified atom stereocenters. The van der Waals surface area contributed by atoms with Gasteiger partial charge in [0, 0.05) is 31.6 Å². The van der Waals surface area contributed by atoms with E-state index in [0.29, 0.717) is 6.42 Å². The number of nitrogens with one attached hydrogen (secondary N) is 2. The molecule has 0 aromatic carbocycles. The average Bonchev–Trinajstić information content (AvgIpc) is 2.27. The molecule has 0 saturated carbocycles. The van der Waals surface area contributed by atoms with Gasteiger partial charge in [0.05, 0.1) is 0 Å². The second-order valence-corrected chi connectivity index (χ2v) is 5.58. The zero-order chi connectivity index (χ0) is 12.9. The largest absolute Gasteiger partial charge is 0.396 e. The molecule has 1 aromatic heterocycles. The van der Waals surface area contributed by atoms with Crippen molar-refractivity contribution in [2.75, 3.05) is 13.2 Å². The first kappa shape index (κ1) is 13.9. The van der Waals surface area contributed by atoms with Crippen molar-refractivity contribution in [2.24, 2.45) is 5.92 Å². The van der Waals surface area contributed by atoms with Crippen LogP contribution in [0.3, 0.4) is 0 Å². The number of hydrogen-bond acceptors (Lipinski definition) is 4. The first-order valence-corrected chi connectivity index (χ1v) is 6.73.